The van der Waals surface area contributed by atoms with E-state index in [-0.39, 0.29) is 5.75 Å². The number of anilines is 1. The van der Waals surface area contributed by atoms with E-state index >= 15 is 0 Å². The molecule has 0 aromatic heterocycles. The summed E-state index contributed by atoms with van der Waals surface area (Å²) >= 11 is 0. The molecular weight excluding hydrogens is 102 g/mol. The number of nitrogen functional groups attached to an aromatic ring is 1. The van der Waals surface area contributed by atoms with Gasteiger partial charge in [0, 0.05) is 0 Å². The molecule has 2 heteroatoms. The molecule has 0 heterocycles. The minimum Gasteiger partial charge on any atom is -0.396 e. The summed E-state index contributed by atoms with van der Waals surface area (Å²) in [6.07, 6.45) is 0. The summed E-state index contributed by atoms with van der Waals surface area (Å²) < 4.78 is 0. The Bertz CT molecular complexity index is 165. The van der Waals surface area contributed by atoms with E-state index in [1.165, 1.54) is 6.07 Å². The van der Waals surface area contributed by atoms with Gasteiger partial charge in [0.15, 0.2) is 0 Å². The maximum absolute atomic E-state index is 10.5. The summed E-state index contributed by atoms with van der Waals surface area (Å²) in [6, 6.07) is 6.42. The molecule has 0 aliphatic heterocycles. The second kappa shape index (κ2) is 1.74. The van der Waals surface area contributed by atoms with E-state index in [2.05, 4.69) is 0 Å². The van der Waals surface area contributed by atoms with E-state index in [9.17, 15) is 5.11 Å². The topological polar surface area (TPSA) is 45.9 Å². The van der Waals surface area contributed by atoms with Crippen LogP contribution in [0, 0.1) is 0 Å². The van der Waals surface area contributed by atoms with E-state index in [1.807, 2.05) is 0 Å². The van der Waals surface area contributed by atoms with Gasteiger partial charge in [-0.15, -0.1) is 0 Å². The molecule has 1 aromatic rings. The van der Waals surface area contributed by atoms with Crippen LogP contribution in [0.3, 0.4) is 0 Å². The van der Waals surface area contributed by atoms with Crippen LogP contribution in [0.25, 0.3) is 0 Å². The molecular formula is C6H6NO. The van der Waals surface area contributed by atoms with Crippen molar-refractivity contribution in [3.63, 3.8) is 0 Å². The molecule has 2 nitrogen and oxygen atoms in total. The second-order valence-corrected chi connectivity index (χ2v) is 1.54. The highest BCUT2D eigenvalue weighted by Crippen LogP contribution is 2.17. The average Bonchev–Trinajstić information content (AvgIpc) is 1.77. The number of rotatable bonds is 0. The van der Waals surface area contributed by atoms with Gasteiger partial charge in [-0.1, -0.05) is 12.1 Å². The van der Waals surface area contributed by atoms with Crippen LogP contribution in [-0.4, -0.2) is 0 Å². The monoisotopic (exact) mass is 108 g/mol. The van der Waals surface area contributed by atoms with Gasteiger partial charge in [-0.05, 0) is 12.1 Å². The molecule has 0 fully saturated rings. The third kappa shape index (κ3) is 0.729. The van der Waals surface area contributed by atoms with Crippen molar-refractivity contribution in [2.24, 2.45) is 0 Å². The van der Waals surface area contributed by atoms with Crippen LogP contribution >= 0.6 is 0 Å². The van der Waals surface area contributed by atoms with E-state index in [1.54, 1.807) is 18.2 Å². The molecule has 0 amide bonds. The molecule has 8 heavy (non-hydrogen) atoms. The Morgan fingerprint density at radius 2 is 1.88 bits per heavy atom. The first-order chi connectivity index (χ1) is 3.80. The zero-order valence-electron chi connectivity index (χ0n) is 4.29. The van der Waals surface area contributed by atoms with Gasteiger partial charge in [-0.3, -0.25) is 5.11 Å². The summed E-state index contributed by atoms with van der Waals surface area (Å²) in [5.41, 5.74) is 5.52. The number of para-hydroxylation sites is 2. The largest absolute Gasteiger partial charge is 0.396 e. The fourth-order valence-electron chi connectivity index (χ4n) is 0.481. The van der Waals surface area contributed by atoms with Crippen LogP contribution in [0.5, 0.6) is 5.75 Å². The predicted molar refractivity (Wildman–Crippen MR) is 31.0 cm³/mol. The van der Waals surface area contributed by atoms with Crippen molar-refractivity contribution in [3.8, 4) is 5.75 Å². The third-order valence-corrected chi connectivity index (χ3v) is 0.919. The van der Waals surface area contributed by atoms with Crippen molar-refractivity contribution >= 4 is 5.69 Å². The highest BCUT2D eigenvalue weighted by Gasteiger charge is 1.91. The summed E-state index contributed by atoms with van der Waals surface area (Å²) in [4.78, 5) is 0. The zero-order valence-corrected chi connectivity index (χ0v) is 4.29. The quantitative estimate of drug-likeness (QED) is 0.502. The third-order valence-electron chi connectivity index (χ3n) is 0.919. The van der Waals surface area contributed by atoms with Gasteiger partial charge < -0.3 is 5.73 Å². The van der Waals surface area contributed by atoms with Crippen LogP contribution in [0.4, 0.5) is 5.69 Å². The van der Waals surface area contributed by atoms with E-state index in [0.717, 1.165) is 0 Å². The summed E-state index contributed by atoms with van der Waals surface area (Å²) in [5, 5.41) is 10.5. The first-order valence-corrected chi connectivity index (χ1v) is 2.32. The lowest BCUT2D eigenvalue weighted by Crippen LogP contribution is -1.81. The van der Waals surface area contributed by atoms with Gasteiger partial charge in [0.1, 0.15) is 0 Å². The Morgan fingerprint density at radius 3 is 2.25 bits per heavy atom. The van der Waals surface area contributed by atoms with Crippen LogP contribution < -0.4 is 5.73 Å². The van der Waals surface area contributed by atoms with E-state index in [0.29, 0.717) is 5.69 Å². The number of hydrogen-bond acceptors (Lipinski definition) is 1. The standard InChI is InChI=1S/C6H6NO/c7-5-3-1-2-4-6(5)8/h1-4H,7H2. The fraction of sp³-hybridized carbons (Fsp3) is 0. The summed E-state index contributed by atoms with van der Waals surface area (Å²) in [5.74, 6) is -0.104. The highest BCUT2D eigenvalue weighted by molar-refractivity contribution is 5.50. The predicted octanol–water partition coefficient (Wildman–Crippen LogP) is 1.41. The molecule has 0 saturated heterocycles. The average molecular weight is 108 g/mol. The highest BCUT2D eigenvalue weighted by atomic mass is 16.3. The lowest BCUT2D eigenvalue weighted by molar-refractivity contribution is 0.357. The van der Waals surface area contributed by atoms with Crippen LogP contribution in [0.2, 0.25) is 0 Å². The molecule has 41 valence electrons. The molecule has 0 unspecified atom stereocenters. The van der Waals surface area contributed by atoms with E-state index in [4.69, 9.17) is 5.73 Å². The zero-order chi connectivity index (χ0) is 5.98. The maximum atomic E-state index is 10.5. The molecule has 1 rings (SSSR count). The van der Waals surface area contributed by atoms with Gasteiger partial charge in [-0.2, -0.15) is 0 Å². The Morgan fingerprint density at radius 1 is 1.25 bits per heavy atom. The van der Waals surface area contributed by atoms with Crippen molar-refractivity contribution in [3.05, 3.63) is 24.3 Å². The maximum Gasteiger partial charge on any atom is 0.201 e. The Balaban J connectivity index is 3.13. The normalized spacial score (nSPS) is 9.00. The molecule has 0 aliphatic carbocycles. The summed E-state index contributed by atoms with van der Waals surface area (Å²) in [7, 11) is 0. The lowest BCUT2D eigenvalue weighted by atomic mass is 10.3. The van der Waals surface area contributed by atoms with Crippen molar-refractivity contribution in [1.29, 1.82) is 0 Å². The first-order valence-electron chi connectivity index (χ1n) is 2.32. The summed E-state index contributed by atoms with van der Waals surface area (Å²) in [6.45, 7) is 0. The van der Waals surface area contributed by atoms with Gasteiger partial charge in [-0.25, -0.2) is 0 Å². The van der Waals surface area contributed by atoms with Gasteiger partial charge >= 0.3 is 0 Å². The van der Waals surface area contributed by atoms with Crippen LogP contribution in [0.1, 0.15) is 0 Å². The van der Waals surface area contributed by atoms with Crippen molar-refractivity contribution in [2.45, 2.75) is 0 Å². The molecule has 2 N–H and O–H groups in total. The molecule has 0 aliphatic rings. The van der Waals surface area contributed by atoms with Crippen molar-refractivity contribution < 1.29 is 5.11 Å². The molecule has 0 atom stereocenters. The molecule has 0 bridgehead atoms. The smallest absolute Gasteiger partial charge is 0.201 e. The van der Waals surface area contributed by atoms with Crippen LogP contribution in [-0.2, 0) is 5.11 Å². The molecule has 0 spiro atoms. The second-order valence-electron chi connectivity index (χ2n) is 1.54. The Labute approximate surface area is 47.6 Å². The number of benzene rings is 1. The molecule has 1 aromatic carbocycles. The van der Waals surface area contributed by atoms with Crippen molar-refractivity contribution in [1.82, 2.24) is 0 Å². The Hall–Kier alpha value is -1.18. The van der Waals surface area contributed by atoms with Gasteiger partial charge in [0.05, 0.1) is 5.69 Å². The first kappa shape index (κ1) is 4.97. The van der Waals surface area contributed by atoms with Crippen molar-refractivity contribution in [2.75, 3.05) is 5.73 Å². The van der Waals surface area contributed by atoms with Crippen LogP contribution in [0.15, 0.2) is 24.3 Å². The van der Waals surface area contributed by atoms with Gasteiger partial charge in [0.2, 0.25) is 5.75 Å². The van der Waals surface area contributed by atoms with Gasteiger partial charge in [0.25, 0.3) is 0 Å². The molecule has 1 radical (unpaired) electrons. The Kier molecular flexibility index (Phi) is 1.08. The number of hydrogen-bond donors (Lipinski definition) is 1. The minimum atomic E-state index is -0.104. The SMILES string of the molecule is Nc1ccccc1[O]. The lowest BCUT2D eigenvalue weighted by Gasteiger charge is -1.88. The van der Waals surface area contributed by atoms with E-state index < -0.39 is 0 Å². The minimum absolute atomic E-state index is 0.104. The molecule has 0 saturated carbocycles. The number of nitrogens with two attached hydrogens (primary N) is 1. The fourth-order valence-corrected chi connectivity index (χ4v) is 0.481.